The Kier molecular flexibility index (Phi) is 11.4. The number of hydrogen-bond acceptors (Lipinski definition) is 5. The average molecular weight is 684 g/mol. The molecular weight excluding hydrogens is 638 g/mol. The molecule has 1 fully saturated rings. The number of primary amides is 1. The van der Waals surface area contributed by atoms with E-state index in [1.54, 1.807) is 7.05 Å². The van der Waals surface area contributed by atoms with Crippen LogP contribution in [0.5, 0.6) is 0 Å². The SMILES string of the molecule is CN(C(=O)C(Cc1ccc2ccccc2c1)NC(=O)[C@@H](Cc1ccc2ccccc2c1)NC(=O)C1CCNCC1)C(Cc1ccccc1)C(N)=O. The van der Waals surface area contributed by atoms with Gasteiger partial charge in [-0.15, -0.1) is 0 Å². The monoisotopic (exact) mass is 683 g/mol. The summed E-state index contributed by atoms with van der Waals surface area (Å²) in [5.41, 5.74) is 8.44. The number of amides is 4. The lowest BCUT2D eigenvalue weighted by Gasteiger charge is -2.31. The third kappa shape index (κ3) is 8.98. The van der Waals surface area contributed by atoms with Crippen molar-refractivity contribution in [3.8, 4) is 0 Å². The molecule has 1 heterocycles. The summed E-state index contributed by atoms with van der Waals surface area (Å²) in [4.78, 5) is 56.4. The minimum atomic E-state index is -1.05. The van der Waals surface area contributed by atoms with Gasteiger partial charge in [0.05, 0.1) is 0 Å². The van der Waals surface area contributed by atoms with Gasteiger partial charge in [0.2, 0.25) is 23.6 Å². The quantitative estimate of drug-likeness (QED) is 0.147. The van der Waals surface area contributed by atoms with Gasteiger partial charge in [0, 0.05) is 32.2 Å². The van der Waals surface area contributed by atoms with Gasteiger partial charge in [0.25, 0.3) is 0 Å². The van der Waals surface area contributed by atoms with Crippen molar-refractivity contribution in [2.24, 2.45) is 11.7 Å². The molecule has 2 unspecified atom stereocenters. The Labute approximate surface area is 298 Å². The number of nitrogens with two attached hydrogens (primary N) is 1. The fraction of sp³-hybridized carbons (Fsp3) is 0.286. The van der Waals surface area contributed by atoms with Crippen molar-refractivity contribution in [2.75, 3.05) is 20.1 Å². The van der Waals surface area contributed by atoms with Crippen LogP contribution >= 0.6 is 0 Å². The minimum absolute atomic E-state index is 0.168. The molecule has 5 aromatic rings. The number of nitrogens with zero attached hydrogens (tertiary/aromatic N) is 1. The van der Waals surface area contributed by atoms with Crippen molar-refractivity contribution >= 4 is 45.2 Å². The molecule has 0 bridgehead atoms. The number of hydrogen-bond donors (Lipinski definition) is 4. The third-order valence-corrected chi connectivity index (χ3v) is 9.88. The van der Waals surface area contributed by atoms with Crippen LogP contribution < -0.4 is 21.7 Å². The average Bonchev–Trinajstić information content (AvgIpc) is 3.16. The molecule has 0 aliphatic carbocycles. The van der Waals surface area contributed by atoms with E-state index in [4.69, 9.17) is 5.73 Å². The first kappa shape index (κ1) is 35.3. The highest BCUT2D eigenvalue weighted by atomic mass is 16.2. The normalized spacial score (nSPS) is 15.1. The lowest BCUT2D eigenvalue weighted by atomic mass is 9.95. The van der Waals surface area contributed by atoms with E-state index in [9.17, 15) is 19.2 Å². The highest BCUT2D eigenvalue weighted by Gasteiger charge is 2.34. The second-order valence-corrected chi connectivity index (χ2v) is 13.5. The van der Waals surface area contributed by atoms with Crippen LogP contribution in [0.4, 0.5) is 0 Å². The molecule has 51 heavy (non-hydrogen) atoms. The first-order valence-electron chi connectivity index (χ1n) is 17.6. The van der Waals surface area contributed by atoms with Gasteiger partial charge < -0.3 is 26.6 Å². The topological polar surface area (TPSA) is 134 Å². The number of piperidine rings is 1. The van der Waals surface area contributed by atoms with Crippen LogP contribution in [0, 0.1) is 5.92 Å². The van der Waals surface area contributed by atoms with Gasteiger partial charge in [-0.2, -0.15) is 0 Å². The largest absolute Gasteiger partial charge is 0.368 e. The standard InChI is InChI=1S/C42H45N5O4/c1-47(38(39(43)48)27-28-9-3-2-4-10-28)42(51)37(26-30-16-18-32-12-6-8-14-35(32)24-30)46-41(50)36(45-40(49)33-19-21-44-22-20-33)25-29-15-17-31-11-5-7-13-34(31)23-29/h2-18,23-24,33,36-38,44H,19-22,25-27H2,1H3,(H2,43,48)(H,45,49)(H,46,50)/t36-,37?,38?/m1/s1. The summed E-state index contributed by atoms with van der Waals surface area (Å²) in [6, 6.07) is 34.3. The number of likely N-dealkylation sites (N-methyl/N-ethyl adjacent to an activating group) is 1. The van der Waals surface area contributed by atoms with Gasteiger partial charge in [-0.25, -0.2) is 0 Å². The molecule has 262 valence electrons. The maximum Gasteiger partial charge on any atom is 0.245 e. The molecule has 5 aromatic carbocycles. The Bertz CT molecular complexity index is 2010. The van der Waals surface area contributed by atoms with E-state index < -0.39 is 35.8 Å². The summed E-state index contributed by atoms with van der Waals surface area (Å²) in [5.74, 6) is -1.96. The van der Waals surface area contributed by atoms with Crippen molar-refractivity contribution < 1.29 is 19.2 Å². The van der Waals surface area contributed by atoms with Gasteiger partial charge in [-0.1, -0.05) is 115 Å². The second-order valence-electron chi connectivity index (χ2n) is 13.5. The van der Waals surface area contributed by atoms with Gasteiger partial charge >= 0.3 is 0 Å². The van der Waals surface area contributed by atoms with Crippen molar-refractivity contribution in [3.63, 3.8) is 0 Å². The van der Waals surface area contributed by atoms with E-state index in [0.29, 0.717) is 12.8 Å². The van der Waals surface area contributed by atoms with Crippen LogP contribution in [-0.2, 0) is 38.4 Å². The van der Waals surface area contributed by atoms with Crippen LogP contribution in [0.25, 0.3) is 21.5 Å². The zero-order valence-corrected chi connectivity index (χ0v) is 28.9. The predicted molar refractivity (Wildman–Crippen MR) is 201 cm³/mol. The molecule has 0 saturated carbocycles. The zero-order valence-electron chi connectivity index (χ0n) is 28.9. The number of rotatable bonds is 13. The summed E-state index contributed by atoms with van der Waals surface area (Å²) < 4.78 is 0. The second kappa shape index (κ2) is 16.4. The molecule has 3 atom stereocenters. The van der Waals surface area contributed by atoms with Crippen molar-refractivity contribution in [2.45, 2.75) is 50.2 Å². The number of carbonyl (C=O) groups excluding carboxylic acids is 4. The highest BCUT2D eigenvalue weighted by Crippen LogP contribution is 2.20. The fourth-order valence-corrected chi connectivity index (χ4v) is 6.92. The van der Waals surface area contributed by atoms with Crippen LogP contribution in [0.2, 0.25) is 0 Å². The molecule has 1 aliphatic heterocycles. The Morgan fingerprint density at radius 1 is 0.667 bits per heavy atom. The molecular formula is C42H45N5O4. The Morgan fingerprint density at radius 3 is 1.76 bits per heavy atom. The predicted octanol–water partition coefficient (Wildman–Crippen LogP) is 4.30. The van der Waals surface area contributed by atoms with Crippen LogP contribution in [0.1, 0.15) is 29.5 Å². The number of benzene rings is 5. The molecule has 6 rings (SSSR count). The summed E-state index contributed by atoms with van der Waals surface area (Å²) in [6.45, 7) is 1.47. The lowest BCUT2D eigenvalue weighted by molar-refractivity contribution is -0.141. The molecule has 5 N–H and O–H groups in total. The van der Waals surface area contributed by atoms with Crippen LogP contribution in [0.3, 0.4) is 0 Å². The van der Waals surface area contributed by atoms with Crippen molar-refractivity contribution in [1.29, 1.82) is 0 Å². The molecule has 9 heteroatoms. The Balaban J connectivity index is 1.30. The molecule has 1 aliphatic rings. The first-order valence-corrected chi connectivity index (χ1v) is 17.6. The smallest absolute Gasteiger partial charge is 0.245 e. The summed E-state index contributed by atoms with van der Waals surface area (Å²) in [5, 5.41) is 13.5. The van der Waals surface area contributed by atoms with Gasteiger partial charge in [0.1, 0.15) is 18.1 Å². The molecule has 4 amide bonds. The van der Waals surface area contributed by atoms with E-state index >= 15 is 0 Å². The van der Waals surface area contributed by atoms with E-state index in [2.05, 4.69) is 16.0 Å². The summed E-state index contributed by atoms with van der Waals surface area (Å²) >= 11 is 0. The van der Waals surface area contributed by atoms with Gasteiger partial charge in [-0.05, 0) is 64.2 Å². The molecule has 1 saturated heterocycles. The molecule has 0 aromatic heterocycles. The van der Waals surface area contributed by atoms with Crippen LogP contribution in [0.15, 0.2) is 115 Å². The Morgan fingerprint density at radius 2 is 1.20 bits per heavy atom. The molecule has 0 spiro atoms. The van der Waals surface area contributed by atoms with E-state index in [1.165, 1.54) is 4.90 Å². The first-order chi connectivity index (χ1) is 24.7. The molecule has 0 radical (unpaired) electrons. The summed E-state index contributed by atoms with van der Waals surface area (Å²) in [6.07, 6.45) is 1.99. The van der Waals surface area contributed by atoms with Crippen LogP contribution in [-0.4, -0.2) is 66.8 Å². The zero-order chi connectivity index (χ0) is 35.7. The van der Waals surface area contributed by atoms with Crippen molar-refractivity contribution in [1.82, 2.24) is 20.9 Å². The van der Waals surface area contributed by atoms with Crippen molar-refractivity contribution in [3.05, 3.63) is 132 Å². The van der Waals surface area contributed by atoms with Gasteiger partial charge in [0.15, 0.2) is 0 Å². The number of carbonyl (C=O) groups is 4. The van der Waals surface area contributed by atoms with E-state index in [1.807, 2.05) is 115 Å². The fourth-order valence-electron chi connectivity index (χ4n) is 6.92. The maximum atomic E-state index is 14.4. The maximum absolute atomic E-state index is 14.4. The van der Waals surface area contributed by atoms with E-state index in [0.717, 1.165) is 51.3 Å². The Hall–Kier alpha value is -5.54. The highest BCUT2D eigenvalue weighted by molar-refractivity contribution is 5.95. The van der Waals surface area contributed by atoms with Gasteiger partial charge in [-0.3, -0.25) is 19.2 Å². The lowest BCUT2D eigenvalue weighted by Crippen LogP contribution is -2.58. The van der Waals surface area contributed by atoms with E-state index in [-0.39, 0.29) is 31.1 Å². The third-order valence-electron chi connectivity index (χ3n) is 9.88. The minimum Gasteiger partial charge on any atom is -0.368 e. The number of nitrogens with one attached hydrogen (secondary N) is 3. The molecule has 9 nitrogen and oxygen atoms in total. The summed E-state index contributed by atoms with van der Waals surface area (Å²) in [7, 11) is 1.55. The number of fused-ring (bicyclic) bond motifs is 2.